The molecule has 0 aromatic heterocycles. The molecule has 7 heteroatoms. The number of benzene rings is 1. The Labute approximate surface area is 180 Å². The van der Waals surface area contributed by atoms with Crippen LogP contribution in [-0.2, 0) is 9.59 Å². The minimum Gasteiger partial charge on any atom is -0.352 e. The summed E-state index contributed by atoms with van der Waals surface area (Å²) in [6.07, 6.45) is 2.98. The van der Waals surface area contributed by atoms with Gasteiger partial charge >= 0.3 is 6.03 Å². The van der Waals surface area contributed by atoms with Gasteiger partial charge in [0.15, 0.2) is 5.78 Å². The van der Waals surface area contributed by atoms with E-state index >= 15 is 0 Å². The lowest BCUT2D eigenvalue weighted by molar-refractivity contribution is -0.119. The van der Waals surface area contributed by atoms with Gasteiger partial charge in [0.2, 0.25) is 0 Å². The van der Waals surface area contributed by atoms with Crippen LogP contribution in [0.2, 0.25) is 0 Å². The second-order valence-electron chi connectivity index (χ2n) is 7.04. The molecule has 2 unspecified atom stereocenters. The van der Waals surface area contributed by atoms with Crippen molar-refractivity contribution in [2.45, 2.75) is 78.8 Å². The van der Waals surface area contributed by atoms with Crippen LogP contribution in [0, 0.1) is 0 Å². The topological polar surface area (TPSA) is 104 Å². The van der Waals surface area contributed by atoms with Crippen molar-refractivity contribution in [2.24, 2.45) is 0 Å². The van der Waals surface area contributed by atoms with Crippen molar-refractivity contribution in [3.63, 3.8) is 0 Å². The highest BCUT2D eigenvalue weighted by Gasteiger charge is 2.18. The number of rotatable bonds is 12. The smallest absolute Gasteiger partial charge is 0.315 e. The van der Waals surface area contributed by atoms with E-state index in [-0.39, 0.29) is 29.9 Å². The van der Waals surface area contributed by atoms with Crippen LogP contribution in [0.5, 0.6) is 0 Å². The zero-order valence-electron chi connectivity index (χ0n) is 18.9. The quantitative estimate of drug-likeness (QED) is 0.450. The third-order valence-corrected chi connectivity index (χ3v) is 4.34. The molecule has 0 aliphatic rings. The summed E-state index contributed by atoms with van der Waals surface area (Å²) in [7, 11) is 0. The van der Waals surface area contributed by atoms with Gasteiger partial charge in [0, 0.05) is 24.6 Å². The average Bonchev–Trinajstić information content (AvgIpc) is 2.72. The molecule has 3 amide bonds. The molecule has 0 aliphatic carbocycles. The molecule has 0 aliphatic heterocycles. The number of hydrogen-bond donors (Lipinski definition) is 3. The lowest BCUT2D eigenvalue weighted by Crippen LogP contribution is -2.48. The molecule has 1 rings (SSSR count). The third kappa shape index (κ3) is 12.7. The van der Waals surface area contributed by atoms with Gasteiger partial charge in [-0.3, -0.25) is 9.59 Å². The Balaban J connectivity index is 0.00000407. The zero-order valence-corrected chi connectivity index (χ0v) is 18.9. The Morgan fingerprint density at radius 1 is 0.900 bits per heavy atom. The van der Waals surface area contributed by atoms with Crippen LogP contribution in [0.15, 0.2) is 30.3 Å². The van der Waals surface area contributed by atoms with Crippen molar-refractivity contribution in [1.29, 1.82) is 0 Å². The van der Waals surface area contributed by atoms with E-state index in [0.717, 1.165) is 19.3 Å². The molecule has 0 saturated carbocycles. The first-order valence-corrected chi connectivity index (χ1v) is 10.7. The summed E-state index contributed by atoms with van der Waals surface area (Å²) >= 11 is 0. The molecule has 1 aromatic rings. The molecule has 0 saturated heterocycles. The van der Waals surface area contributed by atoms with Crippen molar-refractivity contribution in [2.75, 3.05) is 6.54 Å². The van der Waals surface area contributed by atoms with Crippen LogP contribution in [0.4, 0.5) is 4.79 Å². The van der Waals surface area contributed by atoms with E-state index in [4.69, 9.17) is 0 Å². The maximum atomic E-state index is 12.0. The number of urea groups is 1. The van der Waals surface area contributed by atoms with Gasteiger partial charge in [0.25, 0.3) is 5.91 Å². The summed E-state index contributed by atoms with van der Waals surface area (Å²) in [6, 6.07) is 7.93. The minimum absolute atomic E-state index is 0.0128. The molecule has 0 spiro atoms. The fourth-order valence-electron chi connectivity index (χ4n) is 2.69. The predicted molar refractivity (Wildman–Crippen MR) is 119 cm³/mol. The van der Waals surface area contributed by atoms with Crippen LogP contribution in [0.3, 0.4) is 0 Å². The second-order valence-corrected chi connectivity index (χ2v) is 7.04. The normalized spacial score (nSPS) is 11.9. The Hall–Kier alpha value is -2.70. The van der Waals surface area contributed by atoms with Crippen LogP contribution in [0.25, 0.3) is 0 Å². The summed E-state index contributed by atoms with van der Waals surface area (Å²) in [5.74, 6) is -0.272. The molecule has 0 heterocycles. The van der Waals surface area contributed by atoms with Crippen molar-refractivity contribution >= 4 is 23.5 Å². The van der Waals surface area contributed by atoms with Gasteiger partial charge in [-0.2, -0.15) is 0 Å². The molecule has 0 bridgehead atoms. The summed E-state index contributed by atoms with van der Waals surface area (Å²) in [4.78, 5) is 46.6. The number of carbonyl (C=O) groups excluding carboxylic acids is 4. The minimum atomic E-state index is -0.649. The van der Waals surface area contributed by atoms with E-state index in [1.807, 2.05) is 39.0 Å². The fourth-order valence-corrected chi connectivity index (χ4v) is 2.69. The molecule has 1 aromatic carbocycles. The molecule has 0 radical (unpaired) electrons. The van der Waals surface area contributed by atoms with E-state index < -0.39 is 12.1 Å². The van der Waals surface area contributed by atoms with Crippen molar-refractivity contribution < 1.29 is 19.2 Å². The van der Waals surface area contributed by atoms with Crippen molar-refractivity contribution in [1.82, 2.24) is 16.0 Å². The van der Waals surface area contributed by atoms with Crippen LogP contribution in [0.1, 0.15) is 77.1 Å². The van der Waals surface area contributed by atoms with E-state index in [2.05, 4.69) is 16.0 Å². The highest BCUT2D eigenvalue weighted by Crippen LogP contribution is 2.03. The van der Waals surface area contributed by atoms with E-state index in [0.29, 0.717) is 18.5 Å². The van der Waals surface area contributed by atoms with E-state index in [9.17, 15) is 19.2 Å². The highest BCUT2D eigenvalue weighted by atomic mass is 16.2. The zero-order chi connectivity index (χ0) is 22.9. The molecule has 2 atom stereocenters. The molecule has 30 heavy (non-hydrogen) atoms. The van der Waals surface area contributed by atoms with Gasteiger partial charge in [-0.25, -0.2) is 4.79 Å². The summed E-state index contributed by atoms with van der Waals surface area (Å²) in [5, 5.41) is 8.30. The number of hydrogen-bond acceptors (Lipinski definition) is 4. The van der Waals surface area contributed by atoms with E-state index in [1.165, 1.54) is 13.8 Å². The molecule has 0 fully saturated rings. The van der Waals surface area contributed by atoms with Crippen molar-refractivity contribution in [3.05, 3.63) is 35.9 Å². The Kier molecular flexibility index (Phi) is 14.7. The van der Waals surface area contributed by atoms with Gasteiger partial charge in [-0.05, 0) is 58.6 Å². The molecule has 168 valence electrons. The molecular formula is C23H37N3O4. The standard InChI is InChI=1S/C21H31N3O4.C2H6/c1-15(23-21(28)24-19(17(3)26)13-12-16(2)25)9-7-8-14-22-20(27)18-10-5-4-6-11-18;1-2/h4-6,10-11,15,19H,7-9,12-14H2,1-3H3,(H,22,27)(H2,23,24,28);1-2H3. The SMILES string of the molecule is CC.CC(=O)CCC(NC(=O)NC(C)CCCCNC(=O)c1ccccc1)C(C)=O. The largest absolute Gasteiger partial charge is 0.352 e. The monoisotopic (exact) mass is 419 g/mol. The number of unbranched alkanes of at least 4 members (excludes halogenated alkanes) is 1. The summed E-state index contributed by atoms with van der Waals surface area (Å²) in [6.45, 7) is 9.32. The Morgan fingerprint density at radius 2 is 1.53 bits per heavy atom. The van der Waals surface area contributed by atoms with Crippen LogP contribution in [-0.4, -0.2) is 42.1 Å². The molecule has 3 N–H and O–H groups in total. The Bertz CT molecular complexity index is 662. The first-order valence-electron chi connectivity index (χ1n) is 10.7. The predicted octanol–water partition coefficient (Wildman–Crippen LogP) is 3.63. The molecule has 7 nitrogen and oxygen atoms in total. The second kappa shape index (κ2) is 16.1. The van der Waals surface area contributed by atoms with Gasteiger partial charge in [-0.1, -0.05) is 32.0 Å². The van der Waals surface area contributed by atoms with E-state index in [1.54, 1.807) is 12.1 Å². The maximum absolute atomic E-state index is 12.0. The van der Waals surface area contributed by atoms with Gasteiger partial charge in [0.1, 0.15) is 5.78 Å². The lowest BCUT2D eigenvalue weighted by atomic mass is 10.1. The number of Topliss-reactive ketones (excluding diaryl/α,β-unsaturated/α-hetero) is 2. The number of nitrogens with one attached hydrogen (secondary N) is 3. The van der Waals surface area contributed by atoms with Crippen LogP contribution >= 0.6 is 0 Å². The van der Waals surface area contributed by atoms with Gasteiger partial charge < -0.3 is 20.7 Å². The lowest BCUT2D eigenvalue weighted by Gasteiger charge is -2.19. The van der Waals surface area contributed by atoms with Gasteiger partial charge in [0.05, 0.1) is 6.04 Å². The Morgan fingerprint density at radius 3 is 2.10 bits per heavy atom. The fraction of sp³-hybridized carbons (Fsp3) is 0.565. The van der Waals surface area contributed by atoms with Crippen LogP contribution < -0.4 is 16.0 Å². The van der Waals surface area contributed by atoms with Crippen molar-refractivity contribution in [3.8, 4) is 0 Å². The number of carbonyl (C=O) groups is 4. The third-order valence-electron chi connectivity index (χ3n) is 4.34. The first kappa shape index (κ1) is 27.3. The maximum Gasteiger partial charge on any atom is 0.315 e. The summed E-state index contributed by atoms with van der Waals surface area (Å²) in [5.41, 5.74) is 0.638. The first-order chi connectivity index (χ1) is 14.3. The summed E-state index contributed by atoms with van der Waals surface area (Å²) < 4.78 is 0. The highest BCUT2D eigenvalue weighted by molar-refractivity contribution is 5.94. The number of amides is 3. The number of ketones is 2. The average molecular weight is 420 g/mol. The molecular weight excluding hydrogens is 382 g/mol. The van der Waals surface area contributed by atoms with Gasteiger partial charge in [-0.15, -0.1) is 0 Å².